The maximum absolute atomic E-state index is 12.2. The molecule has 0 aliphatic rings. The molecule has 0 bridgehead atoms. The highest BCUT2D eigenvalue weighted by molar-refractivity contribution is 7.90. The summed E-state index contributed by atoms with van der Waals surface area (Å²) in [6.45, 7) is 1.84. The molecule has 0 spiro atoms. The van der Waals surface area contributed by atoms with Crippen LogP contribution in [0.25, 0.3) is 0 Å². The summed E-state index contributed by atoms with van der Waals surface area (Å²) in [6, 6.07) is 10.5. The van der Waals surface area contributed by atoms with Crippen molar-refractivity contribution in [2.24, 2.45) is 0 Å². The van der Waals surface area contributed by atoms with Crippen LogP contribution in [0.15, 0.2) is 52.3 Å². The van der Waals surface area contributed by atoms with E-state index in [1.54, 1.807) is 25.1 Å². The molecule has 2 rings (SSSR count). The summed E-state index contributed by atoms with van der Waals surface area (Å²) in [5.74, 6) is 0. The topological polar surface area (TPSA) is 80.3 Å². The smallest absolute Gasteiger partial charge is 0.224 e. The standard InChI is InChI=1S/C15H16ClNO4S2/c1-11-3-6-14(9-15(11)16)23(20,21)17-10-12-4-7-13(8-5-12)22(2,18)19/h3-9,17H,10H2,1-2H3. The van der Waals surface area contributed by atoms with Gasteiger partial charge < -0.3 is 0 Å². The molecule has 8 heteroatoms. The number of nitrogens with one attached hydrogen (secondary N) is 1. The van der Waals surface area contributed by atoms with Gasteiger partial charge in [-0.15, -0.1) is 0 Å². The minimum atomic E-state index is -3.69. The van der Waals surface area contributed by atoms with E-state index in [4.69, 9.17) is 11.6 Å². The molecule has 0 atom stereocenters. The molecule has 0 radical (unpaired) electrons. The highest BCUT2D eigenvalue weighted by Crippen LogP contribution is 2.20. The number of aryl methyl sites for hydroxylation is 1. The Hall–Kier alpha value is -1.41. The Labute approximate surface area is 141 Å². The van der Waals surface area contributed by atoms with Gasteiger partial charge in [-0.05, 0) is 42.3 Å². The van der Waals surface area contributed by atoms with Crippen LogP contribution in [0.1, 0.15) is 11.1 Å². The van der Waals surface area contributed by atoms with Crippen LogP contribution in [0, 0.1) is 6.92 Å². The molecule has 124 valence electrons. The van der Waals surface area contributed by atoms with E-state index in [2.05, 4.69) is 4.72 Å². The molecule has 0 aliphatic heterocycles. The van der Waals surface area contributed by atoms with Gasteiger partial charge in [0.15, 0.2) is 9.84 Å². The van der Waals surface area contributed by atoms with Crippen molar-refractivity contribution in [2.45, 2.75) is 23.3 Å². The second kappa shape index (κ2) is 6.60. The van der Waals surface area contributed by atoms with Crippen molar-refractivity contribution in [3.8, 4) is 0 Å². The lowest BCUT2D eigenvalue weighted by molar-refractivity contribution is 0.581. The zero-order valence-corrected chi connectivity index (χ0v) is 15.0. The van der Waals surface area contributed by atoms with Gasteiger partial charge in [-0.1, -0.05) is 29.8 Å². The number of hydrogen-bond donors (Lipinski definition) is 1. The van der Waals surface area contributed by atoms with Gasteiger partial charge in [0.25, 0.3) is 0 Å². The minimum Gasteiger partial charge on any atom is -0.224 e. The normalized spacial score (nSPS) is 12.3. The van der Waals surface area contributed by atoms with E-state index in [1.807, 2.05) is 0 Å². The van der Waals surface area contributed by atoms with Crippen molar-refractivity contribution in [2.75, 3.05) is 6.26 Å². The molecule has 0 heterocycles. The first kappa shape index (κ1) is 17.9. The average Bonchev–Trinajstić information content (AvgIpc) is 2.47. The molecule has 0 fully saturated rings. The zero-order valence-electron chi connectivity index (χ0n) is 12.6. The number of halogens is 1. The Kier molecular flexibility index (Phi) is 5.15. The Balaban J connectivity index is 2.14. The van der Waals surface area contributed by atoms with Gasteiger partial charge in [-0.25, -0.2) is 21.6 Å². The van der Waals surface area contributed by atoms with Gasteiger partial charge in [0.05, 0.1) is 9.79 Å². The first-order chi connectivity index (χ1) is 10.6. The first-order valence-electron chi connectivity index (χ1n) is 6.64. The molecule has 5 nitrogen and oxygen atoms in total. The van der Waals surface area contributed by atoms with E-state index in [0.717, 1.165) is 11.8 Å². The van der Waals surface area contributed by atoms with Crippen LogP contribution in [0.5, 0.6) is 0 Å². The van der Waals surface area contributed by atoms with Gasteiger partial charge in [-0.2, -0.15) is 0 Å². The van der Waals surface area contributed by atoms with E-state index in [9.17, 15) is 16.8 Å². The van der Waals surface area contributed by atoms with Gasteiger partial charge in [-0.3, -0.25) is 0 Å². The molecule has 2 aromatic carbocycles. The third-order valence-electron chi connectivity index (χ3n) is 3.27. The Morgan fingerprint density at radius 3 is 2.04 bits per heavy atom. The number of benzene rings is 2. The zero-order chi connectivity index (χ0) is 17.3. The van der Waals surface area contributed by atoms with Crippen LogP contribution in [-0.4, -0.2) is 23.1 Å². The Morgan fingerprint density at radius 1 is 0.957 bits per heavy atom. The van der Waals surface area contributed by atoms with Crippen LogP contribution in [0.2, 0.25) is 5.02 Å². The van der Waals surface area contributed by atoms with Crippen molar-refractivity contribution in [3.05, 3.63) is 58.6 Å². The molecule has 2 aromatic rings. The molecular weight excluding hydrogens is 358 g/mol. The molecule has 0 aromatic heterocycles. The molecule has 1 N–H and O–H groups in total. The lowest BCUT2D eigenvalue weighted by Crippen LogP contribution is -2.23. The summed E-state index contributed by atoms with van der Waals surface area (Å²) in [5.41, 5.74) is 1.45. The van der Waals surface area contributed by atoms with Crippen LogP contribution < -0.4 is 4.72 Å². The Bertz CT molecular complexity index is 920. The van der Waals surface area contributed by atoms with Gasteiger partial charge in [0.1, 0.15) is 0 Å². The fraction of sp³-hybridized carbons (Fsp3) is 0.200. The van der Waals surface area contributed by atoms with Crippen molar-refractivity contribution >= 4 is 31.5 Å². The van der Waals surface area contributed by atoms with Crippen molar-refractivity contribution in [1.82, 2.24) is 4.72 Å². The molecular formula is C15H16ClNO4S2. The Morgan fingerprint density at radius 2 is 1.52 bits per heavy atom. The quantitative estimate of drug-likeness (QED) is 0.873. The van der Waals surface area contributed by atoms with Gasteiger partial charge in [0, 0.05) is 17.8 Å². The summed E-state index contributed by atoms with van der Waals surface area (Å²) in [4.78, 5) is 0.273. The van der Waals surface area contributed by atoms with E-state index >= 15 is 0 Å². The molecule has 0 aliphatic carbocycles. The third-order valence-corrected chi connectivity index (χ3v) is 6.21. The first-order valence-corrected chi connectivity index (χ1v) is 10.4. The second-order valence-electron chi connectivity index (χ2n) is 5.15. The summed E-state index contributed by atoms with van der Waals surface area (Å²) in [7, 11) is -6.96. The van der Waals surface area contributed by atoms with Crippen molar-refractivity contribution in [1.29, 1.82) is 0 Å². The summed E-state index contributed by atoms with van der Waals surface area (Å²) in [6.07, 6.45) is 1.12. The number of sulfone groups is 1. The summed E-state index contributed by atoms with van der Waals surface area (Å²) < 4.78 is 49.7. The van der Waals surface area contributed by atoms with Crippen LogP contribution in [0.3, 0.4) is 0 Å². The van der Waals surface area contributed by atoms with E-state index < -0.39 is 19.9 Å². The number of rotatable bonds is 5. The highest BCUT2D eigenvalue weighted by Gasteiger charge is 2.15. The molecule has 0 amide bonds. The fourth-order valence-corrected chi connectivity index (χ4v) is 3.78. The van der Waals surface area contributed by atoms with Crippen molar-refractivity contribution in [3.63, 3.8) is 0 Å². The molecule has 0 saturated heterocycles. The van der Waals surface area contributed by atoms with Crippen molar-refractivity contribution < 1.29 is 16.8 Å². The summed E-state index contributed by atoms with van der Waals surface area (Å²) >= 11 is 5.95. The second-order valence-corrected chi connectivity index (χ2v) is 9.34. The number of sulfonamides is 1. The van der Waals surface area contributed by atoms with E-state index in [0.29, 0.717) is 10.6 Å². The van der Waals surface area contributed by atoms with Gasteiger partial charge in [0.2, 0.25) is 10.0 Å². The lowest BCUT2D eigenvalue weighted by atomic mass is 10.2. The predicted molar refractivity (Wildman–Crippen MR) is 89.8 cm³/mol. The molecule has 23 heavy (non-hydrogen) atoms. The van der Waals surface area contributed by atoms with Crippen LogP contribution in [-0.2, 0) is 26.4 Å². The summed E-state index contributed by atoms with van der Waals surface area (Å²) in [5, 5.41) is 0.380. The van der Waals surface area contributed by atoms with Gasteiger partial charge >= 0.3 is 0 Å². The van der Waals surface area contributed by atoms with E-state index in [-0.39, 0.29) is 16.3 Å². The average molecular weight is 374 g/mol. The van der Waals surface area contributed by atoms with Crippen LogP contribution >= 0.6 is 11.6 Å². The minimum absolute atomic E-state index is 0.0534. The number of hydrogen-bond acceptors (Lipinski definition) is 4. The monoisotopic (exact) mass is 373 g/mol. The third kappa shape index (κ3) is 4.54. The molecule has 0 saturated carbocycles. The molecule has 0 unspecified atom stereocenters. The maximum Gasteiger partial charge on any atom is 0.240 e. The predicted octanol–water partition coefficient (Wildman–Crippen LogP) is 2.53. The largest absolute Gasteiger partial charge is 0.240 e. The fourth-order valence-electron chi connectivity index (χ4n) is 1.86. The maximum atomic E-state index is 12.2. The SMILES string of the molecule is Cc1ccc(S(=O)(=O)NCc2ccc(S(C)(=O)=O)cc2)cc1Cl. The lowest BCUT2D eigenvalue weighted by Gasteiger charge is -2.08. The highest BCUT2D eigenvalue weighted by atomic mass is 35.5. The van der Waals surface area contributed by atoms with Crippen LogP contribution in [0.4, 0.5) is 0 Å². The van der Waals surface area contributed by atoms with E-state index in [1.165, 1.54) is 24.3 Å².